The van der Waals surface area contributed by atoms with Crippen LogP contribution in [0.25, 0.3) is 29.1 Å². The van der Waals surface area contributed by atoms with E-state index in [2.05, 4.69) is 5.10 Å². The SMILES string of the molecule is O=C(O)c1c(-c2ccccc2)nn(-c2ccccc2)c1C=Cc1ccc(F)cc1. The van der Waals surface area contributed by atoms with Gasteiger partial charge in [-0.15, -0.1) is 0 Å². The molecule has 142 valence electrons. The number of carboxylic acid groups (broad SMARTS) is 1. The molecule has 0 saturated heterocycles. The molecule has 0 amide bonds. The number of rotatable bonds is 5. The zero-order chi connectivity index (χ0) is 20.2. The molecule has 4 aromatic rings. The molecule has 1 aromatic heterocycles. The number of hydrogen-bond acceptors (Lipinski definition) is 2. The number of aromatic carboxylic acids is 1. The predicted octanol–water partition coefficient (Wildman–Crippen LogP) is 5.55. The molecule has 1 heterocycles. The predicted molar refractivity (Wildman–Crippen MR) is 111 cm³/mol. The minimum Gasteiger partial charge on any atom is -0.478 e. The largest absolute Gasteiger partial charge is 0.478 e. The second kappa shape index (κ2) is 7.94. The highest BCUT2D eigenvalue weighted by atomic mass is 19.1. The zero-order valence-corrected chi connectivity index (χ0v) is 15.4. The van der Waals surface area contributed by atoms with Crippen molar-refractivity contribution >= 4 is 18.1 Å². The molecule has 1 N–H and O–H groups in total. The first-order valence-electron chi connectivity index (χ1n) is 9.04. The lowest BCUT2D eigenvalue weighted by Gasteiger charge is -2.05. The molecule has 0 unspecified atom stereocenters. The van der Waals surface area contributed by atoms with E-state index in [4.69, 9.17) is 0 Å². The summed E-state index contributed by atoms with van der Waals surface area (Å²) in [5, 5.41) is 14.6. The molecule has 0 aliphatic rings. The number of carbonyl (C=O) groups is 1. The first-order chi connectivity index (χ1) is 14.1. The summed E-state index contributed by atoms with van der Waals surface area (Å²) in [7, 11) is 0. The standard InChI is InChI=1S/C24H17FN2O2/c25-19-14-11-17(12-15-19)13-16-21-22(24(28)29)23(18-7-3-1-4-8-18)26-27(21)20-9-5-2-6-10-20/h1-16H,(H,28,29). The average Bonchev–Trinajstić information content (AvgIpc) is 3.14. The highest BCUT2D eigenvalue weighted by Crippen LogP contribution is 2.29. The normalized spacial score (nSPS) is 11.1. The van der Waals surface area contributed by atoms with Crippen molar-refractivity contribution < 1.29 is 14.3 Å². The van der Waals surface area contributed by atoms with E-state index in [1.165, 1.54) is 12.1 Å². The number of hydrogen-bond donors (Lipinski definition) is 1. The molecule has 0 radical (unpaired) electrons. The molecule has 4 nitrogen and oxygen atoms in total. The van der Waals surface area contributed by atoms with E-state index >= 15 is 0 Å². The van der Waals surface area contributed by atoms with Gasteiger partial charge in [0.15, 0.2) is 0 Å². The minimum absolute atomic E-state index is 0.110. The molecule has 0 spiro atoms. The summed E-state index contributed by atoms with van der Waals surface area (Å²) >= 11 is 0. The van der Waals surface area contributed by atoms with E-state index < -0.39 is 5.97 Å². The van der Waals surface area contributed by atoms with Crippen molar-refractivity contribution in [2.24, 2.45) is 0 Å². The van der Waals surface area contributed by atoms with Gasteiger partial charge in [0, 0.05) is 5.56 Å². The number of para-hydroxylation sites is 1. The van der Waals surface area contributed by atoms with Crippen LogP contribution in [0.3, 0.4) is 0 Å². The van der Waals surface area contributed by atoms with E-state index in [0.29, 0.717) is 11.4 Å². The molecule has 0 saturated carbocycles. The molecule has 5 heteroatoms. The second-order valence-electron chi connectivity index (χ2n) is 6.41. The Hall–Kier alpha value is -3.99. The number of halogens is 1. The van der Waals surface area contributed by atoms with Crippen molar-refractivity contribution in [1.82, 2.24) is 9.78 Å². The maximum atomic E-state index is 13.2. The minimum atomic E-state index is -1.07. The maximum absolute atomic E-state index is 13.2. The van der Waals surface area contributed by atoms with Gasteiger partial charge >= 0.3 is 5.97 Å². The van der Waals surface area contributed by atoms with Crippen LogP contribution in [0.2, 0.25) is 0 Å². The molecule has 0 aliphatic heterocycles. The smallest absolute Gasteiger partial charge is 0.340 e. The Balaban J connectivity index is 1.92. The Labute approximate surface area is 167 Å². The first-order valence-corrected chi connectivity index (χ1v) is 9.04. The lowest BCUT2D eigenvalue weighted by Crippen LogP contribution is -2.02. The van der Waals surface area contributed by atoms with Crippen molar-refractivity contribution in [3.05, 3.63) is 108 Å². The highest BCUT2D eigenvalue weighted by Gasteiger charge is 2.23. The summed E-state index contributed by atoms with van der Waals surface area (Å²) in [6.45, 7) is 0. The fourth-order valence-corrected chi connectivity index (χ4v) is 3.11. The van der Waals surface area contributed by atoms with Crippen LogP contribution < -0.4 is 0 Å². The fraction of sp³-hybridized carbons (Fsp3) is 0. The first kappa shape index (κ1) is 18.4. The molecule has 3 aromatic carbocycles. The van der Waals surface area contributed by atoms with Gasteiger partial charge in [-0.1, -0.05) is 66.7 Å². The topological polar surface area (TPSA) is 55.1 Å². The third kappa shape index (κ3) is 3.84. The van der Waals surface area contributed by atoms with Gasteiger partial charge in [-0.3, -0.25) is 0 Å². The van der Waals surface area contributed by atoms with Gasteiger partial charge in [-0.2, -0.15) is 5.10 Å². The molecular weight excluding hydrogens is 367 g/mol. The molecule has 4 rings (SSSR count). The summed E-state index contributed by atoms with van der Waals surface area (Å²) in [5.41, 5.74) is 3.16. The summed E-state index contributed by atoms with van der Waals surface area (Å²) in [6.07, 6.45) is 3.44. The molecule has 29 heavy (non-hydrogen) atoms. The van der Waals surface area contributed by atoms with Crippen LogP contribution in [-0.2, 0) is 0 Å². The van der Waals surface area contributed by atoms with Crippen LogP contribution in [0.5, 0.6) is 0 Å². The van der Waals surface area contributed by atoms with Crippen LogP contribution >= 0.6 is 0 Å². The van der Waals surface area contributed by atoms with Gasteiger partial charge in [0.2, 0.25) is 0 Å². The fourth-order valence-electron chi connectivity index (χ4n) is 3.11. The van der Waals surface area contributed by atoms with E-state index in [9.17, 15) is 14.3 Å². The van der Waals surface area contributed by atoms with E-state index in [1.54, 1.807) is 29.0 Å². The van der Waals surface area contributed by atoms with Crippen molar-refractivity contribution in [3.63, 3.8) is 0 Å². The quantitative estimate of drug-likeness (QED) is 0.491. The van der Waals surface area contributed by atoms with Gasteiger partial charge in [0.1, 0.15) is 17.1 Å². The number of aromatic nitrogens is 2. The van der Waals surface area contributed by atoms with Gasteiger partial charge in [-0.25, -0.2) is 13.9 Å². The zero-order valence-electron chi connectivity index (χ0n) is 15.4. The van der Waals surface area contributed by atoms with E-state index in [1.807, 2.05) is 60.7 Å². The second-order valence-corrected chi connectivity index (χ2v) is 6.41. The third-order valence-electron chi connectivity index (χ3n) is 4.49. The van der Waals surface area contributed by atoms with Crippen LogP contribution in [-0.4, -0.2) is 20.9 Å². The van der Waals surface area contributed by atoms with Crippen LogP contribution in [0.15, 0.2) is 84.9 Å². The van der Waals surface area contributed by atoms with Crippen molar-refractivity contribution in [3.8, 4) is 16.9 Å². The van der Waals surface area contributed by atoms with Crippen molar-refractivity contribution in [2.75, 3.05) is 0 Å². The molecule has 0 fully saturated rings. The Morgan fingerprint density at radius 3 is 2.10 bits per heavy atom. The molecular formula is C24H17FN2O2. The average molecular weight is 384 g/mol. The highest BCUT2D eigenvalue weighted by molar-refractivity contribution is 5.99. The Morgan fingerprint density at radius 1 is 0.862 bits per heavy atom. The monoisotopic (exact) mass is 384 g/mol. The van der Waals surface area contributed by atoms with Crippen LogP contribution in [0.4, 0.5) is 4.39 Å². The Bertz CT molecular complexity index is 1160. The van der Waals surface area contributed by atoms with Gasteiger partial charge in [0.25, 0.3) is 0 Å². The van der Waals surface area contributed by atoms with Crippen molar-refractivity contribution in [2.45, 2.75) is 0 Å². The summed E-state index contributed by atoms with van der Waals surface area (Å²) < 4.78 is 14.8. The number of carboxylic acids is 1. The third-order valence-corrected chi connectivity index (χ3v) is 4.49. The van der Waals surface area contributed by atoms with Crippen molar-refractivity contribution in [1.29, 1.82) is 0 Å². The summed E-state index contributed by atoms with van der Waals surface area (Å²) in [4.78, 5) is 12.2. The lowest BCUT2D eigenvalue weighted by molar-refractivity contribution is 0.0697. The van der Waals surface area contributed by atoms with E-state index in [0.717, 1.165) is 16.8 Å². The molecule has 0 atom stereocenters. The Kier molecular flexibility index (Phi) is 5.03. The van der Waals surface area contributed by atoms with Crippen LogP contribution in [0, 0.1) is 5.82 Å². The maximum Gasteiger partial charge on any atom is 0.340 e. The summed E-state index contributed by atoms with van der Waals surface area (Å²) in [5.74, 6) is -1.39. The molecule has 0 aliphatic carbocycles. The summed E-state index contributed by atoms with van der Waals surface area (Å²) in [6, 6.07) is 24.6. The number of nitrogens with zero attached hydrogens (tertiary/aromatic N) is 2. The van der Waals surface area contributed by atoms with Gasteiger partial charge in [-0.05, 0) is 35.9 Å². The lowest BCUT2D eigenvalue weighted by atomic mass is 10.0. The Morgan fingerprint density at radius 2 is 1.48 bits per heavy atom. The molecule has 0 bridgehead atoms. The van der Waals surface area contributed by atoms with E-state index in [-0.39, 0.29) is 11.4 Å². The number of benzene rings is 3. The van der Waals surface area contributed by atoms with Gasteiger partial charge < -0.3 is 5.11 Å². The van der Waals surface area contributed by atoms with Crippen LogP contribution in [0.1, 0.15) is 21.6 Å². The van der Waals surface area contributed by atoms with Gasteiger partial charge in [0.05, 0.1) is 11.4 Å².